The maximum absolute atomic E-state index is 13.0. The van der Waals surface area contributed by atoms with Crippen molar-refractivity contribution in [2.45, 2.75) is 45.6 Å². The first kappa shape index (κ1) is 25.2. The molecule has 0 saturated heterocycles. The number of benzene rings is 3. The molecule has 8 heteroatoms. The zero-order valence-electron chi connectivity index (χ0n) is 21.7. The predicted octanol–water partition coefficient (Wildman–Crippen LogP) is 5.01. The third-order valence-corrected chi connectivity index (χ3v) is 6.58. The summed E-state index contributed by atoms with van der Waals surface area (Å²) in [4.78, 5) is 30.7. The van der Waals surface area contributed by atoms with Crippen molar-refractivity contribution in [3.63, 3.8) is 0 Å². The standard InChI is InChI=1S/C30H30N6O2/c1-30(2,3)21-10-8-19(9-11-21)28(38)33-25-6-4-5-22(23(25)17-37)27-34-26(35-29(31)36-27)16-18-7-12-24-20(15-18)13-14-32-24/h4-12,14-15,37H,13,16-17H2,1-3H3,(H,33,38)(H2,31,34,35,36). The van der Waals surface area contributed by atoms with Gasteiger partial charge >= 0.3 is 0 Å². The molecule has 0 aliphatic carbocycles. The van der Waals surface area contributed by atoms with Crippen LogP contribution in [-0.2, 0) is 24.9 Å². The average Bonchev–Trinajstić information content (AvgIpc) is 3.36. The van der Waals surface area contributed by atoms with Gasteiger partial charge in [-0.1, -0.05) is 57.2 Å². The Morgan fingerprint density at radius 3 is 2.55 bits per heavy atom. The van der Waals surface area contributed by atoms with E-state index in [0.29, 0.717) is 40.4 Å². The van der Waals surface area contributed by atoms with Crippen LogP contribution in [0.15, 0.2) is 65.7 Å². The molecule has 3 aromatic carbocycles. The largest absolute Gasteiger partial charge is 0.392 e. The lowest BCUT2D eigenvalue weighted by Crippen LogP contribution is -2.15. The molecule has 0 fully saturated rings. The molecule has 5 rings (SSSR count). The number of nitrogen functional groups attached to an aromatic ring is 1. The van der Waals surface area contributed by atoms with Crippen LogP contribution in [0.3, 0.4) is 0 Å². The summed E-state index contributed by atoms with van der Waals surface area (Å²) in [6, 6.07) is 19.0. The van der Waals surface area contributed by atoms with E-state index < -0.39 is 0 Å². The third kappa shape index (κ3) is 5.31. The SMILES string of the molecule is CC(C)(C)c1ccc(C(=O)Nc2cccc(-c3nc(N)nc(Cc4ccc5c(c4)CC=N5)n3)c2CO)cc1. The van der Waals surface area contributed by atoms with Crippen LogP contribution in [0.5, 0.6) is 0 Å². The second-order valence-electron chi connectivity index (χ2n) is 10.4. The van der Waals surface area contributed by atoms with Crippen molar-refractivity contribution in [2.24, 2.45) is 4.99 Å². The molecular formula is C30H30N6O2. The summed E-state index contributed by atoms with van der Waals surface area (Å²) < 4.78 is 0. The summed E-state index contributed by atoms with van der Waals surface area (Å²) >= 11 is 0. The Kier molecular flexibility index (Phi) is 6.73. The fourth-order valence-corrected chi connectivity index (χ4v) is 4.50. The number of rotatable bonds is 6. The highest BCUT2D eigenvalue weighted by molar-refractivity contribution is 6.05. The summed E-state index contributed by atoms with van der Waals surface area (Å²) in [5.41, 5.74) is 12.5. The number of amides is 1. The third-order valence-electron chi connectivity index (χ3n) is 6.58. The molecule has 0 bridgehead atoms. The number of aliphatic imine (C=N–C) groups is 1. The van der Waals surface area contributed by atoms with E-state index in [2.05, 4.69) is 52.1 Å². The number of aromatic nitrogens is 3. The number of hydrogen-bond donors (Lipinski definition) is 3. The highest BCUT2D eigenvalue weighted by atomic mass is 16.3. The van der Waals surface area contributed by atoms with Gasteiger partial charge in [-0.05, 0) is 46.4 Å². The van der Waals surface area contributed by atoms with Gasteiger partial charge in [0, 0.05) is 41.4 Å². The van der Waals surface area contributed by atoms with Crippen LogP contribution in [0, 0.1) is 0 Å². The van der Waals surface area contributed by atoms with Gasteiger partial charge in [-0.2, -0.15) is 9.97 Å². The monoisotopic (exact) mass is 506 g/mol. The number of hydrogen-bond acceptors (Lipinski definition) is 7. The zero-order chi connectivity index (χ0) is 26.9. The molecule has 0 saturated carbocycles. The van der Waals surface area contributed by atoms with Crippen LogP contribution < -0.4 is 11.1 Å². The molecule has 1 aliphatic heterocycles. The van der Waals surface area contributed by atoms with Crippen LogP contribution in [0.2, 0.25) is 0 Å². The number of fused-ring (bicyclic) bond motifs is 1. The molecule has 1 aromatic heterocycles. The van der Waals surface area contributed by atoms with Gasteiger partial charge < -0.3 is 16.2 Å². The van der Waals surface area contributed by atoms with E-state index in [4.69, 9.17) is 5.73 Å². The maximum Gasteiger partial charge on any atom is 0.255 e. The van der Waals surface area contributed by atoms with Crippen molar-refractivity contribution >= 4 is 29.4 Å². The van der Waals surface area contributed by atoms with E-state index >= 15 is 0 Å². The summed E-state index contributed by atoms with van der Waals surface area (Å²) in [6.45, 7) is 6.06. The number of nitrogens with zero attached hydrogens (tertiary/aromatic N) is 4. The first-order valence-corrected chi connectivity index (χ1v) is 12.5. The first-order valence-electron chi connectivity index (χ1n) is 12.5. The molecule has 38 heavy (non-hydrogen) atoms. The summed E-state index contributed by atoms with van der Waals surface area (Å²) in [6.07, 6.45) is 3.19. The number of carbonyl (C=O) groups excluding carboxylic acids is 1. The van der Waals surface area contributed by atoms with E-state index in [1.807, 2.05) is 42.6 Å². The van der Waals surface area contributed by atoms with Gasteiger partial charge in [0.1, 0.15) is 5.82 Å². The lowest BCUT2D eigenvalue weighted by molar-refractivity contribution is 0.102. The van der Waals surface area contributed by atoms with Gasteiger partial charge in [0.2, 0.25) is 5.95 Å². The lowest BCUT2D eigenvalue weighted by Gasteiger charge is -2.19. The molecule has 0 radical (unpaired) electrons. The number of anilines is 2. The second kappa shape index (κ2) is 10.1. The summed E-state index contributed by atoms with van der Waals surface area (Å²) in [7, 11) is 0. The number of nitrogens with two attached hydrogens (primary N) is 1. The topological polar surface area (TPSA) is 126 Å². The Hall–Kier alpha value is -4.43. The quantitative estimate of drug-likeness (QED) is 0.337. The molecule has 1 amide bonds. The van der Waals surface area contributed by atoms with Crippen molar-refractivity contribution in [3.8, 4) is 11.4 Å². The Labute approximate surface area is 221 Å². The molecule has 8 nitrogen and oxygen atoms in total. The lowest BCUT2D eigenvalue weighted by atomic mass is 9.86. The van der Waals surface area contributed by atoms with E-state index in [0.717, 1.165) is 23.2 Å². The number of nitrogens with one attached hydrogen (secondary N) is 1. The van der Waals surface area contributed by atoms with Crippen molar-refractivity contribution in [1.29, 1.82) is 0 Å². The minimum absolute atomic E-state index is 0.00636. The maximum atomic E-state index is 13.0. The highest BCUT2D eigenvalue weighted by Gasteiger charge is 2.18. The molecule has 4 aromatic rings. The number of aliphatic hydroxyl groups excluding tert-OH is 1. The van der Waals surface area contributed by atoms with Crippen LogP contribution in [0.25, 0.3) is 11.4 Å². The Morgan fingerprint density at radius 1 is 1.03 bits per heavy atom. The van der Waals surface area contributed by atoms with Crippen molar-refractivity contribution in [3.05, 3.63) is 94.3 Å². The molecule has 0 atom stereocenters. The van der Waals surface area contributed by atoms with Gasteiger partial charge in [-0.25, -0.2) is 4.98 Å². The Morgan fingerprint density at radius 2 is 1.82 bits per heavy atom. The van der Waals surface area contributed by atoms with E-state index in [-0.39, 0.29) is 23.9 Å². The van der Waals surface area contributed by atoms with Crippen molar-refractivity contribution in [2.75, 3.05) is 11.1 Å². The van der Waals surface area contributed by atoms with Crippen molar-refractivity contribution < 1.29 is 9.90 Å². The van der Waals surface area contributed by atoms with E-state index in [9.17, 15) is 9.90 Å². The minimum Gasteiger partial charge on any atom is -0.392 e. The molecule has 4 N–H and O–H groups in total. The Balaban J connectivity index is 1.41. The second-order valence-corrected chi connectivity index (χ2v) is 10.4. The first-order chi connectivity index (χ1) is 18.2. The van der Waals surface area contributed by atoms with Crippen LogP contribution in [0.1, 0.15) is 59.2 Å². The zero-order valence-corrected chi connectivity index (χ0v) is 21.7. The molecule has 2 heterocycles. The van der Waals surface area contributed by atoms with E-state index in [1.54, 1.807) is 18.2 Å². The summed E-state index contributed by atoms with van der Waals surface area (Å²) in [5, 5.41) is 13.2. The highest BCUT2D eigenvalue weighted by Crippen LogP contribution is 2.30. The fraction of sp³-hybridized carbons (Fsp3) is 0.233. The smallest absolute Gasteiger partial charge is 0.255 e. The van der Waals surface area contributed by atoms with E-state index in [1.165, 1.54) is 5.56 Å². The molecule has 0 unspecified atom stereocenters. The van der Waals surface area contributed by atoms with Crippen molar-refractivity contribution in [1.82, 2.24) is 15.0 Å². The van der Waals surface area contributed by atoms with Gasteiger partial charge in [0.15, 0.2) is 5.82 Å². The average molecular weight is 507 g/mol. The van der Waals surface area contributed by atoms with Gasteiger partial charge in [-0.15, -0.1) is 0 Å². The van der Waals surface area contributed by atoms with Gasteiger partial charge in [-0.3, -0.25) is 9.79 Å². The number of aliphatic hydroxyl groups is 1. The molecule has 0 spiro atoms. The molecule has 192 valence electrons. The number of carbonyl (C=O) groups is 1. The summed E-state index contributed by atoms with van der Waals surface area (Å²) in [5.74, 6) is 0.677. The Bertz CT molecular complexity index is 1540. The van der Waals surface area contributed by atoms with Gasteiger partial charge in [0.05, 0.1) is 12.3 Å². The van der Waals surface area contributed by atoms with Crippen LogP contribution in [-0.4, -0.2) is 32.2 Å². The molecular weight excluding hydrogens is 476 g/mol. The molecule has 1 aliphatic rings. The minimum atomic E-state index is -0.319. The van der Waals surface area contributed by atoms with Crippen LogP contribution in [0.4, 0.5) is 17.3 Å². The normalized spacial score (nSPS) is 12.4. The fourth-order valence-electron chi connectivity index (χ4n) is 4.50. The predicted molar refractivity (Wildman–Crippen MR) is 150 cm³/mol. The van der Waals surface area contributed by atoms with Crippen LogP contribution >= 0.6 is 0 Å². The van der Waals surface area contributed by atoms with Gasteiger partial charge in [0.25, 0.3) is 5.91 Å².